The minimum Gasteiger partial charge on any atom is -0.466 e. The highest BCUT2D eigenvalue weighted by Gasteiger charge is 2.56. The van der Waals surface area contributed by atoms with Crippen molar-refractivity contribution < 1.29 is 14.3 Å². The van der Waals surface area contributed by atoms with Gasteiger partial charge in [0.25, 0.3) is 0 Å². The lowest BCUT2D eigenvalue weighted by Crippen LogP contribution is -2.12. The fraction of sp³-hybridized carbons (Fsp3) is 0.500. The molecule has 2 rings (SSSR count). The van der Waals surface area contributed by atoms with Gasteiger partial charge in [-0.25, -0.2) is 0 Å². The largest absolute Gasteiger partial charge is 0.466 e. The first-order valence-corrected chi connectivity index (χ1v) is 6.88. The number of ketones is 1. The molecule has 1 fully saturated rings. The number of esters is 1. The van der Waals surface area contributed by atoms with E-state index in [0.29, 0.717) is 13.0 Å². The first-order chi connectivity index (χ1) is 9.15. The Morgan fingerprint density at radius 3 is 2.47 bits per heavy atom. The van der Waals surface area contributed by atoms with Crippen molar-refractivity contribution >= 4 is 11.8 Å². The van der Waals surface area contributed by atoms with Gasteiger partial charge in [-0.05, 0) is 24.8 Å². The van der Waals surface area contributed by atoms with E-state index in [1.54, 1.807) is 6.92 Å². The van der Waals surface area contributed by atoms with Crippen LogP contribution in [0.3, 0.4) is 0 Å². The lowest BCUT2D eigenvalue weighted by atomic mass is 10.0. The fourth-order valence-corrected chi connectivity index (χ4v) is 2.63. The number of ether oxygens (including phenoxy) is 1. The van der Waals surface area contributed by atoms with Gasteiger partial charge in [-0.15, -0.1) is 0 Å². The van der Waals surface area contributed by atoms with E-state index >= 15 is 0 Å². The quantitative estimate of drug-likeness (QED) is 0.738. The molecule has 3 heteroatoms. The van der Waals surface area contributed by atoms with Crippen molar-refractivity contribution in [3.05, 3.63) is 35.9 Å². The predicted molar refractivity (Wildman–Crippen MR) is 72.5 cm³/mol. The molecule has 0 bridgehead atoms. The van der Waals surface area contributed by atoms with E-state index in [1.165, 1.54) is 0 Å². The molecule has 0 amide bonds. The van der Waals surface area contributed by atoms with E-state index < -0.39 is 0 Å². The van der Waals surface area contributed by atoms with Crippen molar-refractivity contribution in [3.63, 3.8) is 0 Å². The molecule has 0 saturated heterocycles. The van der Waals surface area contributed by atoms with E-state index in [2.05, 4.69) is 0 Å². The molecule has 19 heavy (non-hydrogen) atoms. The van der Waals surface area contributed by atoms with Gasteiger partial charge >= 0.3 is 5.97 Å². The highest BCUT2D eigenvalue weighted by molar-refractivity contribution is 5.92. The summed E-state index contributed by atoms with van der Waals surface area (Å²) in [4.78, 5) is 23.7. The number of carbonyl (C=O) groups excluding carboxylic acids is 2. The second-order valence-electron chi connectivity index (χ2n) is 5.11. The summed E-state index contributed by atoms with van der Waals surface area (Å²) in [5.74, 6) is -0.212. The van der Waals surface area contributed by atoms with Crippen LogP contribution < -0.4 is 0 Å². The lowest BCUT2D eigenvalue weighted by molar-refractivity contribution is -0.146. The second-order valence-corrected chi connectivity index (χ2v) is 5.11. The topological polar surface area (TPSA) is 43.4 Å². The van der Waals surface area contributed by atoms with Gasteiger partial charge in [-0.1, -0.05) is 37.3 Å². The number of hydrogen-bond donors (Lipinski definition) is 0. The minimum absolute atomic E-state index is 0.122. The van der Waals surface area contributed by atoms with Crippen LogP contribution in [0, 0.1) is 17.8 Å². The summed E-state index contributed by atoms with van der Waals surface area (Å²) in [5, 5.41) is 0. The molecule has 1 aliphatic carbocycles. The maximum atomic E-state index is 12.1. The summed E-state index contributed by atoms with van der Waals surface area (Å²) in [6.45, 7) is 4.12. The molecule has 1 aromatic carbocycles. The molecule has 0 aliphatic heterocycles. The van der Waals surface area contributed by atoms with Crippen LogP contribution in [0.1, 0.15) is 25.8 Å². The zero-order valence-electron chi connectivity index (χ0n) is 11.5. The van der Waals surface area contributed by atoms with E-state index in [-0.39, 0.29) is 29.5 Å². The number of hydrogen-bond acceptors (Lipinski definition) is 3. The van der Waals surface area contributed by atoms with Crippen molar-refractivity contribution in [1.29, 1.82) is 0 Å². The standard InChI is InChI=1S/C16H20O3/c1-3-19-16(18)15-11(2)14(15)13(17)10-9-12-7-5-4-6-8-12/h4-8,11,14-15H,3,9-10H2,1-2H3/t11-,14+,15-/m0/s1. The Morgan fingerprint density at radius 2 is 1.84 bits per heavy atom. The number of aryl methyl sites for hydroxylation is 1. The first kappa shape index (κ1) is 13.8. The Hall–Kier alpha value is -1.64. The summed E-state index contributed by atoms with van der Waals surface area (Å²) in [7, 11) is 0. The Balaban J connectivity index is 1.83. The molecule has 1 aromatic rings. The van der Waals surface area contributed by atoms with E-state index in [0.717, 1.165) is 12.0 Å². The van der Waals surface area contributed by atoms with E-state index in [1.807, 2.05) is 37.3 Å². The zero-order valence-corrected chi connectivity index (χ0v) is 11.5. The van der Waals surface area contributed by atoms with Gasteiger partial charge in [0.1, 0.15) is 5.78 Å². The smallest absolute Gasteiger partial charge is 0.309 e. The molecular weight excluding hydrogens is 240 g/mol. The Labute approximate surface area is 114 Å². The average molecular weight is 260 g/mol. The van der Waals surface area contributed by atoms with Crippen LogP contribution in [-0.4, -0.2) is 18.4 Å². The monoisotopic (exact) mass is 260 g/mol. The minimum atomic E-state index is -0.215. The SMILES string of the molecule is CCOC(=O)[C@H]1[C@@H](C)[C@@H]1C(=O)CCc1ccccc1. The van der Waals surface area contributed by atoms with Crippen LogP contribution in [0.2, 0.25) is 0 Å². The number of carbonyl (C=O) groups is 2. The molecule has 0 unspecified atom stereocenters. The van der Waals surface area contributed by atoms with Gasteiger partial charge in [-0.3, -0.25) is 9.59 Å². The molecule has 0 N–H and O–H groups in total. The van der Waals surface area contributed by atoms with Gasteiger partial charge < -0.3 is 4.74 Å². The highest BCUT2D eigenvalue weighted by Crippen LogP contribution is 2.48. The molecule has 0 heterocycles. The van der Waals surface area contributed by atoms with Gasteiger partial charge in [0.15, 0.2) is 0 Å². The van der Waals surface area contributed by atoms with Crippen molar-refractivity contribution in [2.75, 3.05) is 6.61 Å². The summed E-state index contributed by atoms with van der Waals surface area (Å²) >= 11 is 0. The summed E-state index contributed by atoms with van der Waals surface area (Å²) in [6, 6.07) is 9.95. The second kappa shape index (κ2) is 6.00. The molecule has 0 spiro atoms. The van der Waals surface area contributed by atoms with Gasteiger partial charge in [0, 0.05) is 12.3 Å². The Bertz CT molecular complexity index is 452. The van der Waals surface area contributed by atoms with Gasteiger partial charge in [0.2, 0.25) is 0 Å². The Kier molecular flexibility index (Phi) is 4.35. The average Bonchev–Trinajstić information content (AvgIpc) is 3.09. The van der Waals surface area contributed by atoms with Crippen LogP contribution in [0.15, 0.2) is 30.3 Å². The van der Waals surface area contributed by atoms with E-state index in [4.69, 9.17) is 4.74 Å². The predicted octanol–water partition coefficient (Wildman–Crippen LogP) is 2.63. The summed E-state index contributed by atoms with van der Waals surface area (Å²) in [6.07, 6.45) is 1.26. The summed E-state index contributed by atoms with van der Waals surface area (Å²) < 4.78 is 4.99. The molecule has 1 aliphatic rings. The Morgan fingerprint density at radius 1 is 1.16 bits per heavy atom. The zero-order chi connectivity index (χ0) is 13.8. The fourth-order valence-electron chi connectivity index (χ4n) is 2.63. The summed E-state index contributed by atoms with van der Waals surface area (Å²) in [5.41, 5.74) is 1.16. The third-order valence-corrected chi connectivity index (χ3v) is 3.81. The number of benzene rings is 1. The maximum Gasteiger partial charge on any atom is 0.309 e. The van der Waals surface area contributed by atoms with Crippen molar-refractivity contribution in [2.24, 2.45) is 17.8 Å². The molecule has 0 radical (unpaired) electrons. The van der Waals surface area contributed by atoms with E-state index in [9.17, 15) is 9.59 Å². The van der Waals surface area contributed by atoms with Gasteiger partial charge in [-0.2, -0.15) is 0 Å². The van der Waals surface area contributed by atoms with Crippen molar-refractivity contribution in [3.8, 4) is 0 Å². The molecular formula is C16H20O3. The molecule has 3 nitrogen and oxygen atoms in total. The van der Waals surface area contributed by atoms with Crippen LogP contribution in [0.5, 0.6) is 0 Å². The molecule has 1 saturated carbocycles. The normalized spacial score (nSPS) is 24.8. The lowest BCUT2D eigenvalue weighted by Gasteiger charge is -2.01. The third kappa shape index (κ3) is 3.22. The third-order valence-electron chi connectivity index (χ3n) is 3.81. The molecule has 102 valence electrons. The maximum absolute atomic E-state index is 12.1. The van der Waals surface area contributed by atoms with Crippen LogP contribution in [-0.2, 0) is 20.7 Å². The molecule has 3 atom stereocenters. The van der Waals surface area contributed by atoms with Crippen molar-refractivity contribution in [2.45, 2.75) is 26.7 Å². The van der Waals surface area contributed by atoms with Crippen LogP contribution in [0.4, 0.5) is 0 Å². The van der Waals surface area contributed by atoms with Crippen LogP contribution >= 0.6 is 0 Å². The first-order valence-electron chi connectivity index (χ1n) is 6.88. The highest BCUT2D eigenvalue weighted by atomic mass is 16.5. The number of rotatable bonds is 6. The van der Waals surface area contributed by atoms with Crippen LogP contribution in [0.25, 0.3) is 0 Å². The van der Waals surface area contributed by atoms with Crippen molar-refractivity contribution in [1.82, 2.24) is 0 Å². The molecule has 0 aromatic heterocycles. The van der Waals surface area contributed by atoms with Gasteiger partial charge in [0.05, 0.1) is 12.5 Å². The number of Topliss-reactive ketones (excluding diaryl/α,β-unsaturated/α-hetero) is 1.